The maximum absolute atomic E-state index is 6.35. The maximum atomic E-state index is 6.35. The van der Waals surface area contributed by atoms with Crippen LogP contribution in [-0.4, -0.2) is 47.1 Å². The molecule has 6 nitrogen and oxygen atoms in total. The van der Waals surface area contributed by atoms with Gasteiger partial charge >= 0.3 is 0 Å². The zero-order chi connectivity index (χ0) is 15.2. The molecule has 1 saturated carbocycles. The Bertz CT molecular complexity index is 539. The van der Waals surface area contributed by atoms with E-state index >= 15 is 0 Å². The van der Waals surface area contributed by atoms with E-state index in [1.807, 2.05) is 0 Å². The summed E-state index contributed by atoms with van der Waals surface area (Å²) in [5, 5.41) is 4.25. The summed E-state index contributed by atoms with van der Waals surface area (Å²) in [6, 6.07) is -0.0916. The summed E-state index contributed by atoms with van der Waals surface area (Å²) in [6.07, 6.45) is 5.64. The fraction of sp³-hybridized carbons (Fsp3) is 0.857. The van der Waals surface area contributed by atoms with Gasteiger partial charge in [0.15, 0.2) is 6.29 Å². The summed E-state index contributed by atoms with van der Waals surface area (Å²) >= 11 is 7.02. The number of aromatic nitrogens is 2. The number of halogens is 1. The van der Waals surface area contributed by atoms with Gasteiger partial charge in [-0.2, -0.15) is 9.36 Å². The first-order chi connectivity index (χ1) is 10.7. The molecule has 2 aliphatic heterocycles. The number of nitrogens with one attached hydrogen (secondary N) is 1. The van der Waals surface area contributed by atoms with Gasteiger partial charge in [-0.25, -0.2) is 0 Å². The smallest absolute Gasteiger partial charge is 0.236 e. The molecule has 4 rings (SSSR count). The van der Waals surface area contributed by atoms with E-state index in [2.05, 4.69) is 14.7 Å². The van der Waals surface area contributed by atoms with E-state index in [0.29, 0.717) is 17.7 Å². The number of methoxy groups -OCH3 is 1. The van der Waals surface area contributed by atoms with Crippen molar-refractivity contribution in [2.45, 2.75) is 56.1 Å². The van der Waals surface area contributed by atoms with Crippen molar-refractivity contribution in [1.29, 1.82) is 0 Å². The molecule has 1 aromatic heterocycles. The van der Waals surface area contributed by atoms with Crippen LogP contribution in [0.4, 0.5) is 5.13 Å². The number of ether oxygens (including phenoxy) is 3. The number of nitrogens with zero attached hydrogens (tertiary/aromatic N) is 2. The van der Waals surface area contributed by atoms with Crippen LogP contribution >= 0.6 is 23.1 Å². The molecule has 3 heterocycles. The summed E-state index contributed by atoms with van der Waals surface area (Å²) in [6.45, 7) is 0.664. The van der Waals surface area contributed by atoms with Crippen molar-refractivity contribution in [3.63, 3.8) is 0 Å². The van der Waals surface area contributed by atoms with E-state index in [4.69, 9.17) is 25.8 Å². The van der Waals surface area contributed by atoms with Crippen LogP contribution in [0.1, 0.15) is 32.1 Å². The molecule has 0 amide bonds. The molecule has 2 bridgehead atoms. The van der Waals surface area contributed by atoms with Gasteiger partial charge in [0, 0.05) is 25.1 Å². The molecule has 0 unspecified atom stereocenters. The maximum Gasteiger partial charge on any atom is 0.236 e. The second kappa shape index (κ2) is 5.87. The minimum absolute atomic E-state index is 0.0320. The SMILES string of the molecule is CO[C@H]1C[C@]2(C3CCCC3)CO[C@@H](O2)[C@@H]1Nc1nc(Cl)ns1. The van der Waals surface area contributed by atoms with Gasteiger partial charge in [-0.15, -0.1) is 0 Å². The van der Waals surface area contributed by atoms with Crippen LogP contribution in [0.5, 0.6) is 0 Å². The van der Waals surface area contributed by atoms with Gasteiger partial charge in [0.2, 0.25) is 10.4 Å². The normalized spacial score (nSPS) is 38.5. The fourth-order valence-electron chi connectivity index (χ4n) is 4.08. The molecule has 1 aliphatic carbocycles. The lowest BCUT2D eigenvalue weighted by Crippen LogP contribution is -2.56. The Kier molecular flexibility index (Phi) is 4.02. The second-order valence-electron chi connectivity index (χ2n) is 6.36. The lowest BCUT2D eigenvalue weighted by atomic mass is 9.79. The first-order valence-corrected chi connectivity index (χ1v) is 8.93. The van der Waals surface area contributed by atoms with Crippen LogP contribution in [0.3, 0.4) is 0 Å². The van der Waals surface area contributed by atoms with Crippen molar-refractivity contribution in [3.05, 3.63) is 5.28 Å². The summed E-state index contributed by atoms with van der Waals surface area (Å²) in [5.41, 5.74) is -0.168. The highest BCUT2D eigenvalue weighted by atomic mass is 35.5. The first-order valence-electron chi connectivity index (χ1n) is 7.78. The van der Waals surface area contributed by atoms with E-state index in [0.717, 1.165) is 6.42 Å². The van der Waals surface area contributed by atoms with E-state index in [1.54, 1.807) is 7.11 Å². The third-order valence-corrected chi connectivity index (χ3v) is 6.09. The quantitative estimate of drug-likeness (QED) is 0.905. The van der Waals surface area contributed by atoms with E-state index in [-0.39, 0.29) is 29.3 Å². The van der Waals surface area contributed by atoms with E-state index in [9.17, 15) is 0 Å². The van der Waals surface area contributed by atoms with Gasteiger partial charge in [0.05, 0.1) is 12.7 Å². The number of hydrogen-bond donors (Lipinski definition) is 1. The Morgan fingerprint density at radius 3 is 2.91 bits per heavy atom. The highest BCUT2D eigenvalue weighted by molar-refractivity contribution is 7.09. The van der Waals surface area contributed by atoms with Crippen LogP contribution in [0.25, 0.3) is 0 Å². The highest BCUT2D eigenvalue weighted by Gasteiger charge is 2.57. The van der Waals surface area contributed by atoms with Crippen molar-refractivity contribution in [2.75, 3.05) is 19.0 Å². The summed E-state index contributed by atoms with van der Waals surface area (Å²) < 4.78 is 22.1. The molecule has 0 aromatic carbocycles. The Morgan fingerprint density at radius 2 is 2.23 bits per heavy atom. The average Bonchev–Trinajstić information content (AvgIpc) is 3.23. The molecule has 1 N–H and O–H groups in total. The molecule has 0 radical (unpaired) electrons. The predicted molar refractivity (Wildman–Crippen MR) is 83.3 cm³/mol. The van der Waals surface area contributed by atoms with Gasteiger partial charge in [-0.3, -0.25) is 0 Å². The highest BCUT2D eigenvalue weighted by Crippen LogP contribution is 2.48. The second-order valence-corrected chi connectivity index (χ2v) is 7.45. The van der Waals surface area contributed by atoms with Gasteiger partial charge in [0.25, 0.3) is 0 Å². The monoisotopic (exact) mass is 345 g/mol. The van der Waals surface area contributed by atoms with Crippen molar-refractivity contribution in [1.82, 2.24) is 9.36 Å². The molecule has 2 saturated heterocycles. The lowest BCUT2D eigenvalue weighted by molar-refractivity contribution is -0.181. The van der Waals surface area contributed by atoms with Gasteiger partial charge in [-0.1, -0.05) is 12.8 Å². The number of rotatable bonds is 4. The zero-order valence-electron chi connectivity index (χ0n) is 12.5. The van der Waals surface area contributed by atoms with Crippen molar-refractivity contribution < 1.29 is 14.2 Å². The Morgan fingerprint density at radius 1 is 1.41 bits per heavy atom. The van der Waals surface area contributed by atoms with Crippen molar-refractivity contribution in [3.8, 4) is 0 Å². The fourth-order valence-corrected chi connectivity index (χ4v) is 4.84. The number of anilines is 1. The minimum Gasteiger partial charge on any atom is -0.379 e. The summed E-state index contributed by atoms with van der Waals surface area (Å²) in [4.78, 5) is 4.15. The van der Waals surface area contributed by atoms with Crippen LogP contribution in [-0.2, 0) is 14.2 Å². The molecule has 8 heteroatoms. The lowest BCUT2D eigenvalue weighted by Gasteiger charge is -2.43. The molecule has 0 spiro atoms. The largest absolute Gasteiger partial charge is 0.379 e. The Balaban J connectivity index is 1.53. The number of hydrogen-bond acceptors (Lipinski definition) is 7. The molecular formula is C14H20ClN3O3S. The van der Waals surface area contributed by atoms with E-state index in [1.165, 1.54) is 37.2 Å². The summed E-state index contributed by atoms with van der Waals surface area (Å²) in [5.74, 6) is 0.590. The Hall–Kier alpha value is -0.470. The third kappa shape index (κ3) is 2.53. The summed E-state index contributed by atoms with van der Waals surface area (Å²) in [7, 11) is 1.75. The first kappa shape index (κ1) is 15.1. The molecule has 3 fully saturated rings. The van der Waals surface area contributed by atoms with Gasteiger partial charge in [0.1, 0.15) is 11.6 Å². The minimum atomic E-state index is -0.304. The van der Waals surface area contributed by atoms with Crippen LogP contribution < -0.4 is 5.32 Å². The van der Waals surface area contributed by atoms with Gasteiger partial charge < -0.3 is 19.5 Å². The Labute approximate surface area is 138 Å². The zero-order valence-corrected chi connectivity index (χ0v) is 14.0. The topological polar surface area (TPSA) is 65.5 Å². The van der Waals surface area contributed by atoms with E-state index < -0.39 is 0 Å². The molecule has 3 aliphatic rings. The molecule has 122 valence electrons. The molecule has 22 heavy (non-hydrogen) atoms. The van der Waals surface area contributed by atoms with Crippen LogP contribution in [0, 0.1) is 5.92 Å². The van der Waals surface area contributed by atoms with Crippen LogP contribution in [0.15, 0.2) is 0 Å². The standard InChI is InChI=1S/C14H20ClN3O3S/c1-19-9-6-14(8-4-2-3-5-8)7-20-11(21-14)10(9)16-13-17-12(15)18-22-13/h8-11H,2-7H2,1H3,(H,16,17,18)/t9-,10+,11-,14+/m0/s1. The number of fused-ring (bicyclic) bond motifs is 2. The predicted octanol–water partition coefficient (Wildman–Crippen LogP) is 2.69. The molecular weight excluding hydrogens is 326 g/mol. The average molecular weight is 346 g/mol. The van der Waals surface area contributed by atoms with Crippen molar-refractivity contribution in [2.24, 2.45) is 5.92 Å². The van der Waals surface area contributed by atoms with Crippen LogP contribution in [0.2, 0.25) is 5.28 Å². The molecule has 1 aromatic rings. The third-order valence-electron chi connectivity index (χ3n) is 5.18. The molecule has 4 atom stereocenters. The van der Waals surface area contributed by atoms with Gasteiger partial charge in [-0.05, 0) is 30.4 Å². The van der Waals surface area contributed by atoms with Crippen molar-refractivity contribution >= 4 is 28.3 Å².